The molecule has 0 spiro atoms. The van der Waals surface area contributed by atoms with Gasteiger partial charge in [0.2, 0.25) is 5.95 Å². The summed E-state index contributed by atoms with van der Waals surface area (Å²) in [6.07, 6.45) is 4.00. The SMILES string of the molecule is CCC(CC)N1Cc2cnc(Nc3cc(F)cc(F)c3)nc2C1. The number of nitrogens with one attached hydrogen (secondary N) is 1. The lowest BCUT2D eigenvalue weighted by Gasteiger charge is -2.24. The summed E-state index contributed by atoms with van der Waals surface area (Å²) in [4.78, 5) is 11.2. The second kappa shape index (κ2) is 6.58. The van der Waals surface area contributed by atoms with E-state index in [2.05, 4.69) is 34.0 Å². The van der Waals surface area contributed by atoms with Gasteiger partial charge in [0.25, 0.3) is 0 Å². The Balaban J connectivity index is 1.77. The van der Waals surface area contributed by atoms with Crippen molar-refractivity contribution in [2.75, 3.05) is 5.32 Å². The maximum atomic E-state index is 13.2. The van der Waals surface area contributed by atoms with Crippen LogP contribution in [0, 0.1) is 11.6 Å². The van der Waals surface area contributed by atoms with Gasteiger partial charge in [0, 0.05) is 42.6 Å². The van der Waals surface area contributed by atoms with Crippen molar-refractivity contribution in [2.24, 2.45) is 0 Å². The molecule has 2 aromatic rings. The highest BCUT2D eigenvalue weighted by molar-refractivity contribution is 5.53. The summed E-state index contributed by atoms with van der Waals surface area (Å²) < 4.78 is 26.5. The minimum Gasteiger partial charge on any atom is -0.324 e. The van der Waals surface area contributed by atoms with E-state index < -0.39 is 11.6 Å². The van der Waals surface area contributed by atoms with E-state index in [-0.39, 0.29) is 0 Å². The molecule has 122 valence electrons. The zero-order valence-corrected chi connectivity index (χ0v) is 13.3. The number of anilines is 2. The number of fused-ring (bicyclic) bond motifs is 1. The Bertz CT molecular complexity index is 681. The fourth-order valence-electron chi connectivity index (χ4n) is 3.06. The first-order chi connectivity index (χ1) is 11.1. The number of hydrogen-bond acceptors (Lipinski definition) is 4. The molecule has 1 N–H and O–H groups in total. The van der Waals surface area contributed by atoms with Crippen LogP contribution in [0.4, 0.5) is 20.4 Å². The first kappa shape index (κ1) is 15.8. The van der Waals surface area contributed by atoms with Crippen molar-refractivity contribution in [2.45, 2.75) is 45.8 Å². The van der Waals surface area contributed by atoms with E-state index in [1.54, 1.807) is 6.20 Å². The summed E-state index contributed by atoms with van der Waals surface area (Å²) in [5.41, 5.74) is 2.40. The summed E-state index contributed by atoms with van der Waals surface area (Å²) >= 11 is 0. The first-order valence-electron chi connectivity index (χ1n) is 7.91. The number of rotatable bonds is 5. The molecule has 1 aliphatic rings. The third-order valence-corrected chi connectivity index (χ3v) is 4.26. The largest absolute Gasteiger partial charge is 0.324 e. The minimum atomic E-state index is -0.631. The predicted octanol–water partition coefficient (Wildman–Crippen LogP) is 4.00. The number of aromatic nitrogens is 2. The molecule has 0 atom stereocenters. The highest BCUT2D eigenvalue weighted by atomic mass is 19.1. The highest BCUT2D eigenvalue weighted by Gasteiger charge is 2.25. The normalized spacial score (nSPS) is 14.3. The van der Waals surface area contributed by atoms with Crippen molar-refractivity contribution >= 4 is 11.6 Å². The van der Waals surface area contributed by atoms with E-state index >= 15 is 0 Å². The standard InChI is InChI=1S/C17H20F2N4/c1-3-15(4-2)23-9-11-8-20-17(22-16(11)10-23)21-14-6-12(18)5-13(19)7-14/h5-8,15H,3-4,9-10H2,1-2H3,(H,20,21,22). The molecule has 4 nitrogen and oxygen atoms in total. The number of nitrogens with zero attached hydrogens (tertiary/aromatic N) is 3. The number of halogens is 2. The molecule has 0 fully saturated rings. The summed E-state index contributed by atoms with van der Waals surface area (Å²) in [6, 6.07) is 3.81. The minimum absolute atomic E-state index is 0.303. The molecule has 0 saturated carbocycles. The van der Waals surface area contributed by atoms with Crippen LogP contribution in [0.25, 0.3) is 0 Å². The van der Waals surface area contributed by atoms with Crippen LogP contribution in [0.5, 0.6) is 0 Å². The lowest BCUT2D eigenvalue weighted by atomic mass is 10.1. The molecule has 1 aliphatic heterocycles. The summed E-state index contributed by atoms with van der Waals surface area (Å²) in [5, 5.41) is 2.87. The molecule has 0 aliphatic carbocycles. The Morgan fingerprint density at radius 1 is 1.13 bits per heavy atom. The van der Waals surface area contributed by atoms with E-state index in [1.807, 2.05) is 0 Å². The number of hydrogen-bond donors (Lipinski definition) is 1. The topological polar surface area (TPSA) is 41.1 Å². The predicted molar refractivity (Wildman–Crippen MR) is 85.3 cm³/mol. The third kappa shape index (κ3) is 3.47. The van der Waals surface area contributed by atoms with Crippen molar-refractivity contribution in [3.63, 3.8) is 0 Å². The summed E-state index contributed by atoms with van der Waals surface area (Å²) in [5.74, 6) is -0.901. The highest BCUT2D eigenvalue weighted by Crippen LogP contribution is 2.26. The Morgan fingerprint density at radius 3 is 2.48 bits per heavy atom. The molecule has 0 unspecified atom stereocenters. The van der Waals surface area contributed by atoms with Crippen molar-refractivity contribution in [1.29, 1.82) is 0 Å². The van der Waals surface area contributed by atoms with Crippen LogP contribution in [0.15, 0.2) is 24.4 Å². The second-order valence-corrected chi connectivity index (χ2v) is 5.82. The van der Waals surface area contributed by atoms with E-state index in [0.717, 1.165) is 43.3 Å². The van der Waals surface area contributed by atoms with Gasteiger partial charge in [-0.3, -0.25) is 4.90 Å². The van der Waals surface area contributed by atoms with Crippen LogP contribution in [-0.4, -0.2) is 20.9 Å². The lowest BCUT2D eigenvalue weighted by molar-refractivity contribution is 0.187. The Hall–Kier alpha value is -2.08. The molecule has 0 radical (unpaired) electrons. The van der Waals surface area contributed by atoms with Crippen LogP contribution < -0.4 is 5.32 Å². The van der Waals surface area contributed by atoms with Gasteiger partial charge in [-0.15, -0.1) is 0 Å². The third-order valence-electron chi connectivity index (χ3n) is 4.26. The molecule has 0 amide bonds. The second-order valence-electron chi connectivity index (χ2n) is 5.82. The van der Waals surface area contributed by atoms with Crippen LogP contribution in [-0.2, 0) is 13.1 Å². The Labute approximate surface area is 134 Å². The molecular weight excluding hydrogens is 298 g/mol. The molecule has 0 saturated heterocycles. The molecule has 1 aromatic heterocycles. The van der Waals surface area contributed by atoms with Crippen molar-refractivity contribution in [3.05, 3.63) is 47.3 Å². The van der Waals surface area contributed by atoms with Gasteiger partial charge >= 0.3 is 0 Å². The van der Waals surface area contributed by atoms with E-state index in [1.165, 1.54) is 12.1 Å². The average Bonchev–Trinajstić information content (AvgIpc) is 2.90. The quantitative estimate of drug-likeness (QED) is 0.904. The van der Waals surface area contributed by atoms with E-state index in [0.29, 0.717) is 17.7 Å². The zero-order valence-electron chi connectivity index (χ0n) is 13.3. The van der Waals surface area contributed by atoms with Gasteiger partial charge in [-0.05, 0) is 25.0 Å². The molecular formula is C17H20F2N4. The maximum Gasteiger partial charge on any atom is 0.227 e. The molecule has 6 heteroatoms. The van der Waals surface area contributed by atoms with Gasteiger partial charge in [0.05, 0.1) is 5.69 Å². The first-order valence-corrected chi connectivity index (χ1v) is 7.91. The van der Waals surface area contributed by atoms with Crippen molar-refractivity contribution < 1.29 is 8.78 Å². The van der Waals surface area contributed by atoms with Gasteiger partial charge in [-0.1, -0.05) is 13.8 Å². The number of benzene rings is 1. The smallest absolute Gasteiger partial charge is 0.227 e. The Kier molecular flexibility index (Phi) is 4.52. The van der Waals surface area contributed by atoms with Crippen molar-refractivity contribution in [1.82, 2.24) is 14.9 Å². The van der Waals surface area contributed by atoms with Gasteiger partial charge in [-0.2, -0.15) is 0 Å². The lowest BCUT2D eigenvalue weighted by Crippen LogP contribution is -2.29. The molecule has 0 bridgehead atoms. The van der Waals surface area contributed by atoms with Gasteiger partial charge < -0.3 is 5.32 Å². The molecule has 2 heterocycles. The van der Waals surface area contributed by atoms with Crippen LogP contribution in [0.3, 0.4) is 0 Å². The van der Waals surface area contributed by atoms with E-state index in [9.17, 15) is 8.78 Å². The maximum absolute atomic E-state index is 13.2. The van der Waals surface area contributed by atoms with Gasteiger partial charge in [-0.25, -0.2) is 18.7 Å². The molecule has 23 heavy (non-hydrogen) atoms. The monoisotopic (exact) mass is 318 g/mol. The average molecular weight is 318 g/mol. The summed E-state index contributed by atoms with van der Waals surface area (Å²) in [7, 11) is 0. The fourth-order valence-corrected chi connectivity index (χ4v) is 3.06. The molecule has 3 rings (SSSR count). The van der Waals surface area contributed by atoms with Gasteiger partial charge in [0.1, 0.15) is 11.6 Å². The van der Waals surface area contributed by atoms with Crippen LogP contribution in [0.1, 0.15) is 37.9 Å². The Morgan fingerprint density at radius 2 is 1.83 bits per heavy atom. The van der Waals surface area contributed by atoms with Crippen molar-refractivity contribution in [3.8, 4) is 0 Å². The fraction of sp³-hybridized carbons (Fsp3) is 0.412. The van der Waals surface area contributed by atoms with Crippen LogP contribution in [0.2, 0.25) is 0 Å². The van der Waals surface area contributed by atoms with Gasteiger partial charge in [0.15, 0.2) is 0 Å². The van der Waals surface area contributed by atoms with Crippen LogP contribution >= 0.6 is 0 Å². The van der Waals surface area contributed by atoms with E-state index in [4.69, 9.17) is 0 Å². The summed E-state index contributed by atoms with van der Waals surface area (Å²) in [6.45, 7) is 6.02. The molecule has 1 aromatic carbocycles. The zero-order chi connectivity index (χ0) is 16.4.